The van der Waals surface area contributed by atoms with Crippen LogP contribution in [0.5, 0.6) is 0 Å². The number of anilines is 2. The number of nitrogens with two attached hydrogens (primary N) is 1. The quantitative estimate of drug-likeness (QED) is 0.581. The zero-order chi connectivity index (χ0) is 24.2. The molecule has 2 aromatic carbocycles. The van der Waals surface area contributed by atoms with Gasteiger partial charge in [-0.05, 0) is 55.9 Å². The van der Waals surface area contributed by atoms with Crippen molar-refractivity contribution in [1.82, 2.24) is 5.32 Å². The molecule has 1 aliphatic carbocycles. The van der Waals surface area contributed by atoms with Gasteiger partial charge in [-0.15, -0.1) is 0 Å². The lowest BCUT2D eigenvalue weighted by atomic mass is 9.86. The van der Waals surface area contributed by atoms with Gasteiger partial charge < -0.3 is 11.1 Å². The fourth-order valence-electron chi connectivity index (χ4n) is 5.41. The van der Waals surface area contributed by atoms with E-state index in [1.54, 1.807) is 32.0 Å². The molecule has 2 atom stereocenters. The first-order valence-corrected chi connectivity index (χ1v) is 12.5. The Morgan fingerprint density at radius 1 is 1.09 bits per heavy atom. The highest BCUT2D eigenvalue weighted by Crippen LogP contribution is 2.44. The Bertz CT molecular complexity index is 1070. The molecule has 1 unspecified atom stereocenters. The van der Waals surface area contributed by atoms with Crippen LogP contribution in [0.4, 0.5) is 11.4 Å². The molecule has 2 aliphatic rings. The summed E-state index contributed by atoms with van der Waals surface area (Å²) in [5.41, 5.74) is 9.66. The maximum Gasteiger partial charge on any atom is 0.256 e. The first kappa shape index (κ1) is 24.0. The highest BCUT2D eigenvalue weighted by Gasteiger charge is 2.37. The molecule has 0 saturated heterocycles. The largest absolute Gasteiger partial charge is 0.398 e. The summed E-state index contributed by atoms with van der Waals surface area (Å²) in [6, 6.07) is 12.1. The van der Waals surface area contributed by atoms with Crippen molar-refractivity contribution in [2.24, 2.45) is 5.92 Å². The predicted molar refractivity (Wildman–Crippen MR) is 135 cm³/mol. The van der Waals surface area contributed by atoms with Crippen LogP contribution in [0.15, 0.2) is 42.5 Å². The number of carbonyl (C=O) groups is 3. The van der Waals surface area contributed by atoms with Gasteiger partial charge in [0.1, 0.15) is 6.04 Å². The van der Waals surface area contributed by atoms with Crippen LogP contribution in [0, 0.1) is 5.92 Å². The molecule has 34 heavy (non-hydrogen) atoms. The zero-order valence-electron chi connectivity index (χ0n) is 20.2. The van der Waals surface area contributed by atoms with E-state index in [0.717, 1.165) is 29.9 Å². The second-order valence-electron chi connectivity index (χ2n) is 9.75. The number of rotatable bonds is 6. The topological polar surface area (TPSA) is 92.5 Å². The lowest BCUT2D eigenvalue weighted by molar-refractivity contribution is -0.131. The lowest BCUT2D eigenvalue weighted by Gasteiger charge is -2.27. The number of nitrogen functional groups attached to an aromatic ring is 1. The molecule has 3 N–H and O–H groups in total. The van der Waals surface area contributed by atoms with Crippen molar-refractivity contribution in [3.63, 3.8) is 0 Å². The van der Waals surface area contributed by atoms with Crippen molar-refractivity contribution >= 4 is 29.1 Å². The minimum absolute atomic E-state index is 0.150. The molecule has 0 aromatic heterocycles. The monoisotopic (exact) mass is 461 g/mol. The number of imide groups is 1. The average Bonchev–Trinajstić information content (AvgIpc) is 2.93. The molecule has 6 heteroatoms. The molecule has 0 radical (unpaired) electrons. The molecule has 1 heterocycles. The van der Waals surface area contributed by atoms with Crippen LogP contribution in [-0.4, -0.2) is 23.8 Å². The van der Waals surface area contributed by atoms with Gasteiger partial charge in [0, 0.05) is 17.7 Å². The maximum atomic E-state index is 13.5. The number of benzene rings is 2. The Hall–Kier alpha value is -3.15. The van der Waals surface area contributed by atoms with Crippen LogP contribution in [0.25, 0.3) is 11.1 Å². The number of carbonyl (C=O) groups excluding carboxylic acids is 3. The van der Waals surface area contributed by atoms with Gasteiger partial charge in [-0.3, -0.25) is 14.4 Å². The molecule has 1 aliphatic heterocycles. The van der Waals surface area contributed by atoms with E-state index in [-0.39, 0.29) is 11.8 Å². The van der Waals surface area contributed by atoms with Gasteiger partial charge in [0.2, 0.25) is 11.8 Å². The first-order valence-electron chi connectivity index (χ1n) is 12.5. The summed E-state index contributed by atoms with van der Waals surface area (Å²) in [6.45, 7) is 3.45. The van der Waals surface area contributed by atoms with Crippen molar-refractivity contribution in [2.45, 2.75) is 77.2 Å². The smallest absolute Gasteiger partial charge is 0.256 e. The first-order chi connectivity index (χ1) is 16.4. The van der Waals surface area contributed by atoms with E-state index in [0.29, 0.717) is 23.4 Å². The molecule has 0 bridgehead atoms. The number of nitrogens with one attached hydrogen (secondary N) is 1. The van der Waals surface area contributed by atoms with Crippen molar-refractivity contribution in [2.75, 3.05) is 10.6 Å². The molecule has 4 rings (SSSR count). The summed E-state index contributed by atoms with van der Waals surface area (Å²) < 4.78 is 0. The number of fused-ring (bicyclic) bond motifs is 3. The van der Waals surface area contributed by atoms with E-state index >= 15 is 0 Å². The number of amides is 3. The lowest BCUT2D eigenvalue weighted by Crippen LogP contribution is -2.50. The molecule has 1 saturated carbocycles. The minimum atomic E-state index is -0.825. The average molecular weight is 462 g/mol. The summed E-state index contributed by atoms with van der Waals surface area (Å²) >= 11 is 0. The minimum Gasteiger partial charge on any atom is -0.398 e. The van der Waals surface area contributed by atoms with Crippen LogP contribution >= 0.6 is 0 Å². The summed E-state index contributed by atoms with van der Waals surface area (Å²) in [5, 5.41) is 2.82. The van der Waals surface area contributed by atoms with E-state index in [2.05, 4.69) is 5.32 Å². The Morgan fingerprint density at radius 3 is 2.59 bits per heavy atom. The number of hydrogen-bond donors (Lipinski definition) is 2. The molecule has 180 valence electrons. The second-order valence-corrected chi connectivity index (χ2v) is 9.75. The normalized spacial score (nSPS) is 19.1. The third kappa shape index (κ3) is 4.86. The molecule has 0 spiro atoms. The summed E-state index contributed by atoms with van der Waals surface area (Å²) in [4.78, 5) is 40.8. The standard InChI is InChI=1S/C28H35N3O3/c1-18-21-13-6-7-14-22(21)26-23(29)15-9-16-24(26)31(27(18)33)28(34)19(2)30-25(32)17-8-12-20-10-4-3-5-11-20/h6-7,9,13-16,18-20H,3-5,8,10-12,17,29H2,1-2H3,(H,30,32)/t18?,19-/m0/s1. The molecule has 1 fully saturated rings. The highest BCUT2D eigenvalue weighted by molar-refractivity contribution is 6.22. The highest BCUT2D eigenvalue weighted by atomic mass is 16.2. The van der Waals surface area contributed by atoms with Crippen molar-refractivity contribution in [3.8, 4) is 11.1 Å². The second kappa shape index (κ2) is 10.4. The molecular formula is C28H35N3O3. The predicted octanol–water partition coefficient (Wildman–Crippen LogP) is 5.17. The van der Waals surface area contributed by atoms with Crippen LogP contribution in [0.3, 0.4) is 0 Å². The van der Waals surface area contributed by atoms with E-state index in [1.807, 2.05) is 24.3 Å². The van der Waals surface area contributed by atoms with Crippen molar-refractivity contribution < 1.29 is 14.4 Å². The Morgan fingerprint density at radius 2 is 1.82 bits per heavy atom. The maximum absolute atomic E-state index is 13.5. The van der Waals surface area contributed by atoms with Crippen molar-refractivity contribution in [3.05, 3.63) is 48.0 Å². The van der Waals surface area contributed by atoms with E-state index in [1.165, 1.54) is 37.0 Å². The number of nitrogens with zero attached hydrogens (tertiary/aromatic N) is 1. The Kier molecular flexibility index (Phi) is 7.35. The summed E-state index contributed by atoms with van der Waals surface area (Å²) in [7, 11) is 0. The van der Waals surface area contributed by atoms with Gasteiger partial charge in [0.25, 0.3) is 5.91 Å². The van der Waals surface area contributed by atoms with Gasteiger partial charge in [-0.2, -0.15) is 0 Å². The van der Waals surface area contributed by atoms with Gasteiger partial charge in [-0.25, -0.2) is 4.90 Å². The van der Waals surface area contributed by atoms with E-state index in [9.17, 15) is 14.4 Å². The third-order valence-corrected chi connectivity index (χ3v) is 7.31. The van der Waals surface area contributed by atoms with Gasteiger partial charge in [0.15, 0.2) is 0 Å². The molecule has 6 nitrogen and oxygen atoms in total. The Balaban J connectivity index is 1.50. The fraction of sp³-hybridized carbons (Fsp3) is 0.464. The van der Waals surface area contributed by atoms with Crippen LogP contribution in [0.1, 0.15) is 76.7 Å². The summed E-state index contributed by atoms with van der Waals surface area (Å²) in [5.74, 6) is -0.717. The summed E-state index contributed by atoms with van der Waals surface area (Å²) in [6.07, 6.45) is 8.71. The number of hydrogen-bond acceptors (Lipinski definition) is 4. The van der Waals surface area contributed by atoms with Gasteiger partial charge >= 0.3 is 0 Å². The molecular weight excluding hydrogens is 426 g/mol. The molecule has 2 aromatic rings. The van der Waals surface area contributed by atoms with Gasteiger partial charge in [-0.1, -0.05) is 62.4 Å². The molecule has 3 amide bonds. The zero-order valence-corrected chi connectivity index (χ0v) is 20.2. The van der Waals surface area contributed by atoms with E-state index < -0.39 is 17.9 Å². The van der Waals surface area contributed by atoms with Crippen LogP contribution in [0.2, 0.25) is 0 Å². The third-order valence-electron chi connectivity index (χ3n) is 7.31. The van der Waals surface area contributed by atoms with E-state index in [4.69, 9.17) is 5.73 Å². The van der Waals surface area contributed by atoms with Gasteiger partial charge in [0.05, 0.1) is 11.6 Å². The Labute approximate surface area is 201 Å². The van der Waals surface area contributed by atoms with Crippen LogP contribution < -0.4 is 16.0 Å². The fourth-order valence-corrected chi connectivity index (χ4v) is 5.41. The SMILES string of the molecule is CC1C(=O)N(C(=O)[C@H](C)NC(=O)CCCC2CCCCC2)c2cccc(N)c2-c2ccccc21. The van der Waals surface area contributed by atoms with Crippen molar-refractivity contribution in [1.29, 1.82) is 0 Å². The van der Waals surface area contributed by atoms with Crippen LogP contribution in [-0.2, 0) is 14.4 Å².